The van der Waals surface area contributed by atoms with Crippen molar-refractivity contribution in [2.45, 2.75) is 32.6 Å². The van der Waals surface area contributed by atoms with E-state index in [1.807, 2.05) is 0 Å². The maximum Gasteiger partial charge on any atom is 0.251 e. The molecule has 27 heavy (non-hydrogen) atoms. The van der Waals surface area contributed by atoms with Crippen molar-refractivity contribution in [1.29, 1.82) is 0 Å². The quantitative estimate of drug-likeness (QED) is 0.369. The van der Waals surface area contributed by atoms with Crippen molar-refractivity contribution in [1.82, 2.24) is 5.32 Å². The number of hydrogen-bond donors (Lipinski definition) is 1. The second-order valence-electron chi connectivity index (χ2n) is 6.28. The van der Waals surface area contributed by atoms with Crippen LogP contribution in [0.15, 0.2) is 48.5 Å². The lowest BCUT2D eigenvalue weighted by atomic mass is 10.1. The van der Waals surface area contributed by atoms with E-state index in [2.05, 4.69) is 12.2 Å². The number of aldehydes is 1. The van der Waals surface area contributed by atoms with Crippen molar-refractivity contribution in [3.05, 3.63) is 65.2 Å². The second-order valence-corrected chi connectivity index (χ2v) is 6.28. The van der Waals surface area contributed by atoms with Gasteiger partial charge in [-0.1, -0.05) is 38.3 Å². The molecule has 2 aromatic carbocycles. The molecule has 1 N–H and O–H groups in total. The van der Waals surface area contributed by atoms with Crippen molar-refractivity contribution in [2.75, 3.05) is 13.2 Å². The van der Waals surface area contributed by atoms with Crippen LogP contribution >= 0.6 is 0 Å². The first kappa shape index (κ1) is 20.4. The van der Waals surface area contributed by atoms with Crippen LogP contribution < -0.4 is 10.1 Å². The maximum absolute atomic E-state index is 12.2. The largest absolute Gasteiger partial charge is 0.494 e. The van der Waals surface area contributed by atoms with Crippen LogP contribution in [0.25, 0.3) is 0 Å². The lowest BCUT2D eigenvalue weighted by Crippen LogP contribution is -2.29. The van der Waals surface area contributed by atoms with Crippen LogP contribution in [-0.2, 0) is 0 Å². The Kier molecular flexibility index (Phi) is 8.23. The third-order valence-electron chi connectivity index (χ3n) is 4.16. The van der Waals surface area contributed by atoms with Crippen LogP contribution in [0.2, 0.25) is 0 Å². The third kappa shape index (κ3) is 6.70. The summed E-state index contributed by atoms with van der Waals surface area (Å²) in [4.78, 5) is 34.9. The van der Waals surface area contributed by atoms with Crippen LogP contribution in [0.3, 0.4) is 0 Å². The Balaban J connectivity index is 1.79. The summed E-state index contributed by atoms with van der Waals surface area (Å²) in [5.74, 6) is 0.206. The number of ether oxygens (including phenoxy) is 1. The average molecular weight is 367 g/mol. The number of carbonyl (C=O) groups is 3. The number of amides is 1. The molecule has 2 aromatic rings. The smallest absolute Gasteiger partial charge is 0.251 e. The highest BCUT2D eigenvalue weighted by Crippen LogP contribution is 2.13. The molecule has 0 aliphatic rings. The fourth-order valence-corrected chi connectivity index (χ4v) is 2.53. The molecule has 142 valence electrons. The van der Waals surface area contributed by atoms with Crippen LogP contribution in [0.4, 0.5) is 0 Å². The zero-order valence-corrected chi connectivity index (χ0v) is 15.6. The van der Waals surface area contributed by atoms with Gasteiger partial charge in [-0.2, -0.15) is 0 Å². The van der Waals surface area contributed by atoms with Crippen LogP contribution in [0.1, 0.15) is 63.7 Å². The number of carbonyl (C=O) groups excluding carboxylic acids is 3. The summed E-state index contributed by atoms with van der Waals surface area (Å²) in [6.45, 7) is 2.75. The van der Waals surface area contributed by atoms with Crippen LogP contribution in [0, 0.1) is 0 Å². The molecular formula is C22H25NO4. The van der Waals surface area contributed by atoms with Gasteiger partial charge in [0, 0.05) is 16.7 Å². The zero-order chi connectivity index (χ0) is 19.5. The van der Waals surface area contributed by atoms with E-state index in [0.717, 1.165) is 18.6 Å². The summed E-state index contributed by atoms with van der Waals surface area (Å²) in [5, 5.41) is 2.60. The summed E-state index contributed by atoms with van der Waals surface area (Å²) < 4.78 is 5.66. The fraction of sp³-hybridized carbons (Fsp3) is 0.318. The molecule has 1 amide bonds. The van der Waals surface area contributed by atoms with Crippen molar-refractivity contribution in [2.24, 2.45) is 0 Å². The fourth-order valence-electron chi connectivity index (χ4n) is 2.53. The number of ketones is 1. The highest BCUT2D eigenvalue weighted by atomic mass is 16.5. The molecule has 0 heterocycles. The molecule has 0 aliphatic carbocycles. The van der Waals surface area contributed by atoms with E-state index in [0.29, 0.717) is 29.6 Å². The number of nitrogens with one attached hydrogen (secondary N) is 1. The Morgan fingerprint density at radius 3 is 2.22 bits per heavy atom. The molecule has 0 saturated carbocycles. The van der Waals surface area contributed by atoms with E-state index < -0.39 is 0 Å². The van der Waals surface area contributed by atoms with Gasteiger partial charge in [-0.25, -0.2) is 0 Å². The third-order valence-corrected chi connectivity index (χ3v) is 4.16. The molecule has 0 radical (unpaired) electrons. The first-order chi connectivity index (χ1) is 13.1. The summed E-state index contributed by atoms with van der Waals surface area (Å²) in [6, 6.07) is 13.2. The molecule has 5 heteroatoms. The van der Waals surface area contributed by atoms with Gasteiger partial charge in [0.25, 0.3) is 5.91 Å². The number of benzene rings is 2. The Hall–Kier alpha value is -2.95. The van der Waals surface area contributed by atoms with Gasteiger partial charge in [0.2, 0.25) is 0 Å². The summed E-state index contributed by atoms with van der Waals surface area (Å²) in [7, 11) is 0. The predicted octanol–water partition coefficient (Wildman–Crippen LogP) is 4.07. The molecule has 0 fully saturated rings. The topological polar surface area (TPSA) is 72.5 Å². The van der Waals surface area contributed by atoms with Gasteiger partial charge in [0.15, 0.2) is 5.78 Å². The van der Waals surface area contributed by atoms with Gasteiger partial charge in [0.05, 0.1) is 13.2 Å². The molecular weight excluding hydrogens is 342 g/mol. The van der Waals surface area contributed by atoms with Gasteiger partial charge < -0.3 is 10.1 Å². The lowest BCUT2D eigenvalue weighted by Gasteiger charge is -2.08. The normalized spacial score (nSPS) is 10.3. The molecule has 5 nitrogen and oxygen atoms in total. The summed E-state index contributed by atoms with van der Waals surface area (Å²) in [5.41, 5.74) is 1.42. The monoisotopic (exact) mass is 367 g/mol. The first-order valence-electron chi connectivity index (χ1n) is 9.23. The van der Waals surface area contributed by atoms with E-state index in [9.17, 15) is 14.4 Å². The minimum absolute atomic E-state index is 0.0918. The molecule has 0 saturated heterocycles. The maximum atomic E-state index is 12.2. The predicted molar refractivity (Wildman–Crippen MR) is 105 cm³/mol. The SMILES string of the molecule is CCCCCCOc1ccc(C(=O)CNC(=O)c2ccc(C=O)cc2)cc1. The molecule has 0 aromatic heterocycles. The Bertz CT molecular complexity index is 751. The Morgan fingerprint density at radius 1 is 0.926 bits per heavy atom. The minimum atomic E-state index is -0.354. The van der Waals surface area contributed by atoms with E-state index in [4.69, 9.17) is 4.74 Å². The van der Waals surface area contributed by atoms with Crippen molar-refractivity contribution < 1.29 is 19.1 Å². The number of hydrogen-bond acceptors (Lipinski definition) is 4. The molecule has 0 atom stereocenters. The number of rotatable bonds is 11. The van der Waals surface area contributed by atoms with Gasteiger partial charge in [-0.05, 0) is 42.8 Å². The summed E-state index contributed by atoms with van der Waals surface area (Å²) in [6.07, 6.45) is 5.30. The van der Waals surface area contributed by atoms with E-state index in [-0.39, 0.29) is 18.2 Å². The van der Waals surface area contributed by atoms with Crippen LogP contribution in [0.5, 0.6) is 5.75 Å². The lowest BCUT2D eigenvalue weighted by molar-refractivity contribution is 0.0904. The second kappa shape index (κ2) is 10.9. The Morgan fingerprint density at radius 2 is 1.59 bits per heavy atom. The van der Waals surface area contributed by atoms with Gasteiger partial charge in [-0.15, -0.1) is 0 Å². The van der Waals surface area contributed by atoms with Crippen LogP contribution in [-0.4, -0.2) is 31.1 Å². The average Bonchev–Trinajstić information content (AvgIpc) is 2.72. The molecule has 2 rings (SSSR count). The van der Waals surface area contributed by atoms with Gasteiger partial charge in [-0.3, -0.25) is 14.4 Å². The molecule has 0 bridgehead atoms. The standard InChI is InChI=1S/C22H25NO4/c1-2-3-4-5-14-27-20-12-10-18(11-13-20)21(25)15-23-22(26)19-8-6-17(16-24)7-9-19/h6-13,16H,2-5,14-15H2,1H3,(H,23,26). The van der Waals surface area contributed by atoms with E-state index in [1.165, 1.54) is 12.8 Å². The van der Waals surface area contributed by atoms with Crippen molar-refractivity contribution in [3.8, 4) is 5.75 Å². The van der Waals surface area contributed by atoms with E-state index in [1.54, 1.807) is 48.5 Å². The highest BCUT2D eigenvalue weighted by Gasteiger charge is 2.10. The van der Waals surface area contributed by atoms with Crippen molar-refractivity contribution in [3.63, 3.8) is 0 Å². The first-order valence-corrected chi connectivity index (χ1v) is 9.23. The van der Waals surface area contributed by atoms with Gasteiger partial charge >= 0.3 is 0 Å². The highest BCUT2D eigenvalue weighted by molar-refractivity contribution is 6.02. The Labute approximate surface area is 159 Å². The number of Topliss-reactive ketones (excluding diaryl/α,β-unsaturated/α-hetero) is 1. The molecule has 0 unspecified atom stereocenters. The van der Waals surface area contributed by atoms with Crippen molar-refractivity contribution >= 4 is 18.0 Å². The number of unbranched alkanes of at least 4 members (excludes halogenated alkanes) is 3. The zero-order valence-electron chi connectivity index (χ0n) is 15.6. The summed E-state index contributed by atoms with van der Waals surface area (Å²) >= 11 is 0. The van der Waals surface area contributed by atoms with Gasteiger partial charge in [0.1, 0.15) is 12.0 Å². The molecule has 0 aliphatic heterocycles. The molecule has 0 spiro atoms. The minimum Gasteiger partial charge on any atom is -0.494 e. The van der Waals surface area contributed by atoms with E-state index >= 15 is 0 Å².